The smallest absolute Gasteiger partial charge is 0.343 e. The summed E-state index contributed by atoms with van der Waals surface area (Å²) in [6, 6.07) is 16.6. The third-order valence-corrected chi connectivity index (χ3v) is 5.86. The Balaban J connectivity index is 1.78. The number of carbonyl (C=O) groups is 2. The van der Waals surface area contributed by atoms with Crippen molar-refractivity contribution in [1.82, 2.24) is 5.32 Å². The van der Waals surface area contributed by atoms with Gasteiger partial charge in [0, 0.05) is 12.6 Å². The van der Waals surface area contributed by atoms with Gasteiger partial charge in [-0.25, -0.2) is 13.2 Å². The lowest BCUT2D eigenvalue weighted by molar-refractivity contribution is 0.0734. The summed E-state index contributed by atoms with van der Waals surface area (Å²) in [4.78, 5) is 24.0. The molecular weight excluding hydrogens is 394 g/mol. The number of amides is 1. The monoisotopic (exact) mass is 411 g/mol. The molecular formula is C21H17NO6S. The molecule has 0 bridgehead atoms. The van der Waals surface area contributed by atoms with E-state index in [2.05, 4.69) is 5.32 Å². The van der Waals surface area contributed by atoms with Crippen LogP contribution in [-0.2, 0) is 9.84 Å². The molecule has 0 saturated heterocycles. The van der Waals surface area contributed by atoms with Crippen molar-refractivity contribution in [1.29, 1.82) is 0 Å². The van der Waals surface area contributed by atoms with Crippen LogP contribution in [0.25, 0.3) is 0 Å². The zero-order valence-electron chi connectivity index (χ0n) is 15.3. The molecule has 29 heavy (non-hydrogen) atoms. The molecule has 0 aliphatic rings. The molecule has 0 heterocycles. The van der Waals surface area contributed by atoms with Crippen molar-refractivity contribution < 1.29 is 27.9 Å². The van der Waals surface area contributed by atoms with Crippen LogP contribution in [0.4, 0.5) is 0 Å². The van der Waals surface area contributed by atoms with Crippen molar-refractivity contribution in [3.63, 3.8) is 0 Å². The second kappa shape index (κ2) is 8.15. The van der Waals surface area contributed by atoms with Crippen LogP contribution in [0.15, 0.2) is 82.6 Å². The summed E-state index contributed by atoms with van der Waals surface area (Å²) >= 11 is 0. The zero-order chi connectivity index (χ0) is 21.0. The minimum atomic E-state index is -3.77. The van der Waals surface area contributed by atoms with Crippen molar-refractivity contribution in [2.24, 2.45) is 0 Å². The third-order valence-electron chi connectivity index (χ3n) is 4.08. The van der Waals surface area contributed by atoms with Crippen LogP contribution in [0, 0.1) is 0 Å². The van der Waals surface area contributed by atoms with E-state index in [4.69, 9.17) is 4.74 Å². The van der Waals surface area contributed by atoms with E-state index in [1.54, 1.807) is 12.1 Å². The molecule has 3 aromatic carbocycles. The number of hydrogen-bond acceptors (Lipinski definition) is 6. The van der Waals surface area contributed by atoms with E-state index < -0.39 is 15.8 Å². The van der Waals surface area contributed by atoms with Gasteiger partial charge < -0.3 is 15.2 Å². The lowest BCUT2D eigenvalue weighted by Crippen LogP contribution is -2.18. The highest BCUT2D eigenvalue weighted by atomic mass is 32.2. The normalized spacial score (nSPS) is 10.9. The fourth-order valence-electron chi connectivity index (χ4n) is 2.55. The second-order valence-electron chi connectivity index (χ2n) is 6.02. The molecule has 1 amide bonds. The minimum Gasteiger partial charge on any atom is -0.508 e. The second-order valence-corrected chi connectivity index (χ2v) is 7.97. The summed E-state index contributed by atoms with van der Waals surface area (Å²) in [5.41, 5.74) is 0.504. The van der Waals surface area contributed by atoms with Crippen molar-refractivity contribution in [2.75, 3.05) is 7.05 Å². The zero-order valence-corrected chi connectivity index (χ0v) is 16.1. The van der Waals surface area contributed by atoms with Crippen molar-refractivity contribution in [3.05, 3.63) is 83.9 Å². The molecule has 0 radical (unpaired) electrons. The molecule has 3 rings (SSSR count). The van der Waals surface area contributed by atoms with Gasteiger partial charge in [-0.1, -0.05) is 6.07 Å². The maximum absolute atomic E-state index is 12.6. The number of esters is 1. The Morgan fingerprint density at radius 2 is 1.41 bits per heavy atom. The lowest BCUT2D eigenvalue weighted by Gasteiger charge is -2.08. The Labute approximate surface area is 167 Å². The number of rotatable bonds is 5. The summed E-state index contributed by atoms with van der Waals surface area (Å²) in [5.74, 6) is -0.884. The molecule has 0 unspecified atom stereocenters. The van der Waals surface area contributed by atoms with Crippen LogP contribution in [0.5, 0.6) is 11.5 Å². The number of hydrogen-bond donors (Lipinski definition) is 2. The largest absolute Gasteiger partial charge is 0.508 e. The molecule has 3 aromatic rings. The summed E-state index contributed by atoms with van der Waals surface area (Å²) in [7, 11) is -2.28. The van der Waals surface area contributed by atoms with Crippen LogP contribution >= 0.6 is 0 Å². The highest BCUT2D eigenvalue weighted by Crippen LogP contribution is 2.25. The number of carbonyl (C=O) groups excluding carboxylic acids is 2. The van der Waals surface area contributed by atoms with E-state index >= 15 is 0 Å². The summed E-state index contributed by atoms with van der Waals surface area (Å²) in [5, 5.41) is 11.8. The SMILES string of the molecule is CNC(=O)c1cccc(C(=O)Oc2ccc(S(=O)(=O)c3ccc(O)cc3)cc2)c1. The average molecular weight is 411 g/mol. The van der Waals surface area contributed by atoms with Crippen LogP contribution in [0.1, 0.15) is 20.7 Å². The first-order chi connectivity index (χ1) is 13.8. The van der Waals surface area contributed by atoms with Gasteiger partial charge in [0.25, 0.3) is 5.91 Å². The quantitative estimate of drug-likeness (QED) is 0.494. The molecule has 0 atom stereocenters. The molecule has 7 nitrogen and oxygen atoms in total. The average Bonchev–Trinajstić information content (AvgIpc) is 2.74. The third kappa shape index (κ3) is 4.44. The van der Waals surface area contributed by atoms with Crippen molar-refractivity contribution in [3.8, 4) is 11.5 Å². The number of ether oxygens (including phenoxy) is 1. The maximum Gasteiger partial charge on any atom is 0.343 e. The first-order valence-electron chi connectivity index (χ1n) is 8.50. The van der Waals surface area contributed by atoms with Gasteiger partial charge in [-0.3, -0.25) is 4.79 Å². The predicted molar refractivity (Wildman–Crippen MR) is 105 cm³/mol. The van der Waals surface area contributed by atoms with Crippen molar-refractivity contribution >= 4 is 21.7 Å². The summed E-state index contributed by atoms with van der Waals surface area (Å²) < 4.78 is 30.5. The van der Waals surface area contributed by atoms with Gasteiger partial charge in [0.1, 0.15) is 11.5 Å². The van der Waals surface area contributed by atoms with Crippen LogP contribution in [0.3, 0.4) is 0 Å². The van der Waals surface area contributed by atoms with E-state index in [9.17, 15) is 23.1 Å². The molecule has 0 fully saturated rings. The lowest BCUT2D eigenvalue weighted by atomic mass is 10.1. The highest BCUT2D eigenvalue weighted by Gasteiger charge is 2.18. The molecule has 8 heteroatoms. The van der Waals surface area contributed by atoms with Gasteiger partial charge in [-0.15, -0.1) is 0 Å². The van der Waals surface area contributed by atoms with Gasteiger partial charge >= 0.3 is 5.97 Å². The molecule has 2 N–H and O–H groups in total. The minimum absolute atomic E-state index is 0.0182. The van der Waals surface area contributed by atoms with E-state index in [0.29, 0.717) is 5.56 Å². The highest BCUT2D eigenvalue weighted by molar-refractivity contribution is 7.91. The summed E-state index contributed by atoms with van der Waals surface area (Å²) in [6.45, 7) is 0. The Hall–Kier alpha value is -3.65. The molecule has 0 aromatic heterocycles. The number of phenolic OH excluding ortho intramolecular Hbond substituents is 1. The fraction of sp³-hybridized carbons (Fsp3) is 0.0476. The fourth-order valence-corrected chi connectivity index (χ4v) is 3.81. The van der Waals surface area contributed by atoms with Crippen LogP contribution in [-0.4, -0.2) is 32.4 Å². The predicted octanol–water partition coefficient (Wildman–Crippen LogP) is 2.80. The van der Waals surface area contributed by atoms with Gasteiger partial charge in [-0.2, -0.15) is 0 Å². The first-order valence-corrected chi connectivity index (χ1v) is 9.98. The molecule has 0 aliphatic carbocycles. The number of phenols is 1. The molecule has 0 aliphatic heterocycles. The Morgan fingerprint density at radius 3 is 2.00 bits per heavy atom. The Kier molecular flexibility index (Phi) is 5.65. The Bertz CT molecular complexity index is 1150. The Morgan fingerprint density at radius 1 is 0.862 bits per heavy atom. The topological polar surface area (TPSA) is 110 Å². The number of benzene rings is 3. The summed E-state index contributed by atoms with van der Waals surface area (Å²) in [6.07, 6.45) is 0. The van der Waals surface area contributed by atoms with E-state index in [1.807, 2.05) is 0 Å². The number of sulfone groups is 1. The van der Waals surface area contributed by atoms with Crippen LogP contribution in [0.2, 0.25) is 0 Å². The standard InChI is InChI=1S/C21H17NO6S/c1-22-20(24)14-3-2-4-15(13-14)21(25)28-17-7-11-19(12-8-17)29(26,27)18-9-5-16(23)6-10-18/h2-13,23H,1H3,(H,22,24). The van der Waals surface area contributed by atoms with E-state index in [-0.39, 0.29) is 32.8 Å². The maximum atomic E-state index is 12.6. The molecule has 0 saturated carbocycles. The number of nitrogens with one attached hydrogen (secondary N) is 1. The number of aromatic hydroxyl groups is 1. The molecule has 0 spiro atoms. The molecule has 148 valence electrons. The van der Waals surface area contributed by atoms with Gasteiger partial charge in [0.2, 0.25) is 9.84 Å². The first kappa shape index (κ1) is 20.1. The van der Waals surface area contributed by atoms with Crippen LogP contribution < -0.4 is 10.1 Å². The van der Waals surface area contributed by atoms with Gasteiger partial charge in [-0.05, 0) is 66.7 Å². The van der Waals surface area contributed by atoms with E-state index in [1.165, 1.54) is 67.7 Å². The van der Waals surface area contributed by atoms with Crippen molar-refractivity contribution in [2.45, 2.75) is 9.79 Å². The van der Waals surface area contributed by atoms with E-state index in [0.717, 1.165) is 0 Å². The van der Waals surface area contributed by atoms with Gasteiger partial charge in [0.15, 0.2) is 0 Å². The van der Waals surface area contributed by atoms with Gasteiger partial charge in [0.05, 0.1) is 15.4 Å².